The number of nitrogens with one attached hydrogen (secondary N) is 1. The fourth-order valence-electron chi connectivity index (χ4n) is 2.51. The number of urea groups is 1. The summed E-state index contributed by atoms with van der Waals surface area (Å²) < 4.78 is 26.7. The standard InChI is InChI=1S/C16H19N3O3S2/c1-13-4-6-14(7-5-13)17-16(20)18-8-10-19(11-9-18)24(21,22)15-3-2-12-23-15/h2-7,12H,8-11H2,1H3,(H,17,20). The SMILES string of the molecule is Cc1ccc(NC(=O)N2CCN(S(=O)(=O)c3cccs3)CC2)cc1. The number of anilines is 1. The lowest BCUT2D eigenvalue weighted by Crippen LogP contribution is -2.51. The van der Waals surface area contributed by atoms with E-state index in [2.05, 4.69) is 5.32 Å². The fraction of sp³-hybridized carbons (Fsp3) is 0.312. The molecule has 1 fully saturated rings. The largest absolute Gasteiger partial charge is 0.322 e. The number of thiophene rings is 1. The van der Waals surface area contributed by atoms with Crippen LogP contribution in [0.25, 0.3) is 0 Å². The second kappa shape index (κ2) is 6.92. The Bertz CT molecular complexity index is 794. The second-order valence-corrected chi connectivity index (χ2v) is 8.73. The van der Waals surface area contributed by atoms with Crippen molar-refractivity contribution in [3.05, 3.63) is 47.3 Å². The zero-order valence-corrected chi connectivity index (χ0v) is 14.9. The van der Waals surface area contributed by atoms with E-state index in [0.717, 1.165) is 11.3 Å². The average Bonchev–Trinajstić information content (AvgIpc) is 3.12. The molecule has 1 aliphatic heterocycles. The third kappa shape index (κ3) is 3.61. The smallest absolute Gasteiger partial charge is 0.321 e. The van der Waals surface area contributed by atoms with Crippen LogP contribution in [0.1, 0.15) is 5.56 Å². The highest BCUT2D eigenvalue weighted by Gasteiger charge is 2.30. The molecule has 0 spiro atoms. The third-order valence-electron chi connectivity index (χ3n) is 3.92. The van der Waals surface area contributed by atoms with E-state index in [1.165, 1.54) is 15.6 Å². The number of carbonyl (C=O) groups excluding carboxylic acids is 1. The van der Waals surface area contributed by atoms with Gasteiger partial charge in [-0.1, -0.05) is 23.8 Å². The van der Waals surface area contributed by atoms with Gasteiger partial charge in [0.25, 0.3) is 10.0 Å². The van der Waals surface area contributed by atoms with Crippen LogP contribution >= 0.6 is 11.3 Å². The van der Waals surface area contributed by atoms with Crippen molar-refractivity contribution in [3.63, 3.8) is 0 Å². The van der Waals surface area contributed by atoms with E-state index in [-0.39, 0.29) is 6.03 Å². The first-order valence-corrected chi connectivity index (χ1v) is 9.95. The first kappa shape index (κ1) is 16.9. The summed E-state index contributed by atoms with van der Waals surface area (Å²) >= 11 is 1.21. The van der Waals surface area contributed by atoms with Crippen LogP contribution in [-0.2, 0) is 10.0 Å². The molecular weight excluding hydrogens is 346 g/mol. The third-order valence-corrected chi connectivity index (χ3v) is 7.19. The molecule has 0 unspecified atom stereocenters. The molecule has 0 saturated carbocycles. The van der Waals surface area contributed by atoms with Crippen LogP contribution in [0.3, 0.4) is 0 Å². The average molecular weight is 365 g/mol. The van der Waals surface area contributed by atoms with E-state index < -0.39 is 10.0 Å². The molecule has 0 aliphatic carbocycles. The van der Waals surface area contributed by atoms with Gasteiger partial charge >= 0.3 is 6.03 Å². The van der Waals surface area contributed by atoms with Crippen LogP contribution in [0.15, 0.2) is 46.0 Å². The molecule has 2 heterocycles. The van der Waals surface area contributed by atoms with E-state index in [0.29, 0.717) is 30.4 Å². The maximum atomic E-state index is 12.5. The van der Waals surface area contributed by atoms with Crippen molar-refractivity contribution in [2.45, 2.75) is 11.1 Å². The van der Waals surface area contributed by atoms with Crippen LogP contribution in [0.5, 0.6) is 0 Å². The summed E-state index contributed by atoms with van der Waals surface area (Å²) in [5.41, 5.74) is 1.86. The molecule has 1 aromatic heterocycles. The minimum absolute atomic E-state index is 0.202. The van der Waals surface area contributed by atoms with Crippen molar-refractivity contribution in [1.82, 2.24) is 9.21 Å². The Morgan fingerprint density at radius 3 is 2.33 bits per heavy atom. The normalized spacial score (nSPS) is 16.1. The maximum Gasteiger partial charge on any atom is 0.321 e. The maximum absolute atomic E-state index is 12.5. The highest BCUT2D eigenvalue weighted by atomic mass is 32.2. The summed E-state index contributed by atoms with van der Waals surface area (Å²) in [4.78, 5) is 13.9. The van der Waals surface area contributed by atoms with Gasteiger partial charge in [0.15, 0.2) is 0 Å². The summed E-state index contributed by atoms with van der Waals surface area (Å²) in [6.45, 7) is 3.35. The van der Waals surface area contributed by atoms with Crippen LogP contribution in [0.2, 0.25) is 0 Å². The first-order valence-electron chi connectivity index (χ1n) is 7.63. The van der Waals surface area contributed by atoms with Gasteiger partial charge in [-0.25, -0.2) is 13.2 Å². The number of carbonyl (C=O) groups is 1. The number of aryl methyl sites for hydroxylation is 1. The minimum Gasteiger partial charge on any atom is -0.322 e. The molecule has 128 valence electrons. The molecule has 0 bridgehead atoms. The van der Waals surface area contributed by atoms with Gasteiger partial charge in [-0.05, 0) is 30.5 Å². The number of amides is 2. The number of benzene rings is 1. The highest BCUT2D eigenvalue weighted by molar-refractivity contribution is 7.91. The molecule has 1 aliphatic rings. The molecule has 2 aromatic rings. The summed E-state index contributed by atoms with van der Waals surface area (Å²) in [6, 6.07) is 10.7. The highest BCUT2D eigenvalue weighted by Crippen LogP contribution is 2.22. The van der Waals surface area contributed by atoms with Gasteiger partial charge in [-0.3, -0.25) is 0 Å². The van der Waals surface area contributed by atoms with Gasteiger partial charge in [-0.15, -0.1) is 11.3 Å². The Labute approximate surface area is 145 Å². The monoisotopic (exact) mass is 365 g/mol. The molecule has 24 heavy (non-hydrogen) atoms. The van der Waals surface area contributed by atoms with Crippen LogP contribution in [0, 0.1) is 6.92 Å². The van der Waals surface area contributed by atoms with Crippen molar-refractivity contribution < 1.29 is 13.2 Å². The van der Waals surface area contributed by atoms with Gasteiger partial charge in [0.05, 0.1) is 0 Å². The molecule has 1 N–H and O–H groups in total. The molecule has 0 atom stereocenters. The topological polar surface area (TPSA) is 69.7 Å². The zero-order valence-electron chi connectivity index (χ0n) is 13.3. The second-order valence-electron chi connectivity index (χ2n) is 5.62. The van der Waals surface area contributed by atoms with Gasteiger partial charge in [0.1, 0.15) is 4.21 Å². The Balaban J connectivity index is 1.58. The Morgan fingerprint density at radius 2 is 1.75 bits per heavy atom. The van der Waals surface area contributed by atoms with Crippen molar-refractivity contribution in [2.75, 3.05) is 31.5 Å². The van der Waals surface area contributed by atoms with Crippen molar-refractivity contribution in [1.29, 1.82) is 0 Å². The van der Waals surface area contributed by atoms with Crippen molar-refractivity contribution in [2.24, 2.45) is 0 Å². The van der Waals surface area contributed by atoms with Gasteiger partial charge < -0.3 is 10.2 Å². The number of hydrogen-bond acceptors (Lipinski definition) is 4. The van der Waals surface area contributed by atoms with E-state index in [1.807, 2.05) is 31.2 Å². The number of piperazine rings is 1. The van der Waals surface area contributed by atoms with Crippen molar-refractivity contribution in [3.8, 4) is 0 Å². The molecule has 6 nitrogen and oxygen atoms in total. The predicted octanol–water partition coefficient (Wildman–Crippen LogP) is 2.59. The zero-order chi connectivity index (χ0) is 17.2. The van der Waals surface area contributed by atoms with E-state index >= 15 is 0 Å². The summed E-state index contributed by atoms with van der Waals surface area (Å²) in [5, 5.41) is 4.59. The van der Waals surface area contributed by atoms with Crippen LogP contribution in [-0.4, -0.2) is 49.8 Å². The molecule has 1 aromatic carbocycles. The van der Waals surface area contributed by atoms with Gasteiger partial charge in [0, 0.05) is 31.9 Å². The number of sulfonamides is 1. The minimum atomic E-state index is -3.44. The Morgan fingerprint density at radius 1 is 1.08 bits per heavy atom. The molecule has 8 heteroatoms. The van der Waals surface area contributed by atoms with Gasteiger partial charge in [-0.2, -0.15) is 4.31 Å². The van der Waals surface area contributed by atoms with Gasteiger partial charge in [0.2, 0.25) is 0 Å². The van der Waals surface area contributed by atoms with E-state index in [9.17, 15) is 13.2 Å². The van der Waals surface area contributed by atoms with Crippen molar-refractivity contribution >= 4 is 33.1 Å². The summed E-state index contributed by atoms with van der Waals surface area (Å²) in [5.74, 6) is 0. The molecule has 3 rings (SSSR count). The molecule has 0 radical (unpaired) electrons. The molecular formula is C16H19N3O3S2. The Kier molecular flexibility index (Phi) is 4.88. The summed E-state index contributed by atoms with van der Waals surface area (Å²) in [7, 11) is -3.44. The summed E-state index contributed by atoms with van der Waals surface area (Å²) in [6.07, 6.45) is 0. The van der Waals surface area contributed by atoms with Crippen LogP contribution in [0.4, 0.5) is 10.5 Å². The lowest BCUT2D eigenvalue weighted by Gasteiger charge is -2.33. The van der Waals surface area contributed by atoms with Crippen LogP contribution < -0.4 is 5.32 Å². The molecule has 2 amide bonds. The van der Waals surface area contributed by atoms with E-state index in [1.54, 1.807) is 22.4 Å². The van der Waals surface area contributed by atoms with E-state index in [4.69, 9.17) is 0 Å². The molecule has 1 saturated heterocycles. The number of hydrogen-bond donors (Lipinski definition) is 1. The number of nitrogens with zero attached hydrogens (tertiary/aromatic N) is 2. The lowest BCUT2D eigenvalue weighted by molar-refractivity contribution is 0.184. The fourth-order valence-corrected chi connectivity index (χ4v) is 5.08. The lowest BCUT2D eigenvalue weighted by atomic mass is 10.2. The quantitative estimate of drug-likeness (QED) is 0.909. The number of rotatable bonds is 3. The Hall–Kier alpha value is -1.90. The predicted molar refractivity (Wildman–Crippen MR) is 94.8 cm³/mol. The first-order chi connectivity index (χ1) is 11.5.